The van der Waals surface area contributed by atoms with Gasteiger partial charge in [-0.25, -0.2) is 13.2 Å². The van der Waals surface area contributed by atoms with E-state index in [0.29, 0.717) is 112 Å². The van der Waals surface area contributed by atoms with Gasteiger partial charge in [0.1, 0.15) is 68.8 Å². The molecular formula is C110H138Cl6F3N7O15. The van der Waals surface area contributed by atoms with Crippen LogP contribution < -0.4 is 26.6 Å². The van der Waals surface area contributed by atoms with Crippen LogP contribution in [-0.2, 0) is 83.2 Å². The highest BCUT2D eigenvalue weighted by Crippen LogP contribution is 2.71. The highest BCUT2D eigenvalue weighted by molar-refractivity contribution is 6.33. The molecule has 141 heavy (non-hydrogen) atoms. The van der Waals surface area contributed by atoms with E-state index in [2.05, 4.69) is 38.4 Å². The number of rotatable bonds is 14. The van der Waals surface area contributed by atoms with Gasteiger partial charge < -0.3 is 40.6 Å². The Balaban J connectivity index is 0.000000162. The Labute approximate surface area is 857 Å². The second kappa shape index (κ2) is 43.3. The van der Waals surface area contributed by atoms with Crippen LogP contribution in [0.1, 0.15) is 335 Å². The van der Waals surface area contributed by atoms with Crippen molar-refractivity contribution in [3.05, 3.63) is 190 Å². The summed E-state index contributed by atoms with van der Waals surface area (Å²) in [7, 11) is 1.46. The van der Waals surface area contributed by atoms with Crippen LogP contribution in [0.2, 0.25) is 30.1 Å². The number of nitrogens with zero attached hydrogens (tertiary/aromatic N) is 2. The number of esters is 3. The fourth-order valence-electron chi connectivity index (χ4n) is 27.5. The van der Waals surface area contributed by atoms with Crippen molar-refractivity contribution >= 4 is 146 Å². The maximum atomic E-state index is 16.0. The molecule has 6 aromatic carbocycles. The fourth-order valence-corrected chi connectivity index (χ4v) is 28.6. The number of ether oxygens (including phenoxy) is 3. The molecule has 6 spiro atoms. The van der Waals surface area contributed by atoms with Crippen LogP contribution in [0, 0.1) is 33.7 Å². The minimum Gasteiger partial charge on any atom is -0.480 e. The van der Waals surface area contributed by atoms with Crippen molar-refractivity contribution in [1.82, 2.24) is 20.4 Å². The molecule has 4 amide bonds. The second-order valence-electron chi connectivity index (χ2n) is 43.0. The Morgan fingerprint density at radius 3 is 1.21 bits per heavy atom. The van der Waals surface area contributed by atoms with Crippen molar-refractivity contribution in [3.8, 4) is 0 Å². The van der Waals surface area contributed by atoms with E-state index in [4.69, 9.17) is 93.4 Å². The number of nitrogens with one attached hydrogen (secondary N) is 5. The third-order valence-corrected chi connectivity index (χ3v) is 35.0. The average molecular weight is 2070 g/mol. The Hall–Kier alpha value is -8.46. The van der Waals surface area contributed by atoms with Crippen LogP contribution in [0.25, 0.3) is 0 Å². The normalized spacial score (nSPS) is 28.9. The van der Waals surface area contributed by atoms with Crippen molar-refractivity contribution in [2.75, 3.05) is 36.1 Å². The van der Waals surface area contributed by atoms with Gasteiger partial charge in [0.15, 0.2) is 0 Å². The number of hydrogen-bond donors (Lipinski definition) is 6. The molecule has 3 saturated heterocycles. The molecule has 22 nitrogen and oxygen atoms in total. The van der Waals surface area contributed by atoms with Crippen molar-refractivity contribution in [2.45, 2.75) is 369 Å². The van der Waals surface area contributed by atoms with E-state index in [-0.39, 0.29) is 93.3 Å². The van der Waals surface area contributed by atoms with Crippen LogP contribution in [-0.4, -0.2) is 146 Å². The third-order valence-electron chi connectivity index (χ3n) is 33.4. The number of hydrogen-bond acceptors (Lipinski definition) is 17. The molecule has 0 aromatic heterocycles. The number of carbonyl (C=O) groups is 9. The lowest BCUT2D eigenvalue weighted by Gasteiger charge is -2.52. The quantitative estimate of drug-likeness (QED) is 0.0436. The number of carbonyl (C=O) groups excluding carboxylic acids is 10. The van der Waals surface area contributed by atoms with Gasteiger partial charge in [-0.3, -0.25) is 58.3 Å². The minimum atomic E-state index is -1.29. The Bertz CT molecular complexity index is 5720. The molecule has 6 N–H and O–H groups in total. The van der Waals surface area contributed by atoms with Gasteiger partial charge in [-0.2, -0.15) is 9.59 Å². The van der Waals surface area contributed by atoms with Crippen molar-refractivity contribution < 1.29 is 85.2 Å². The Kier molecular flexibility index (Phi) is 34.2. The maximum Gasteiger partial charge on any atom is 0.373 e. The fraction of sp³-hybridized carbons (Fsp3) is 0.582. The van der Waals surface area contributed by atoms with Gasteiger partial charge in [-0.1, -0.05) is 231 Å². The summed E-state index contributed by atoms with van der Waals surface area (Å²) in [6.45, 7) is 21.9. The second-order valence-corrected chi connectivity index (χ2v) is 45.5. The molecule has 0 radical (unpaired) electrons. The lowest BCUT2D eigenvalue weighted by Crippen LogP contribution is -2.61. The van der Waals surface area contributed by atoms with Crippen molar-refractivity contribution in [1.29, 1.82) is 0 Å². The monoisotopic (exact) mass is 2060 g/mol. The highest BCUT2D eigenvalue weighted by Gasteiger charge is 2.79. The van der Waals surface area contributed by atoms with Gasteiger partial charge in [0, 0.05) is 91.3 Å². The number of aliphatic carboxylic acids is 1. The van der Waals surface area contributed by atoms with Crippen molar-refractivity contribution in [3.63, 3.8) is 0 Å². The molecule has 21 rings (SSSR count). The first-order chi connectivity index (χ1) is 65.8. The number of likely N-dealkylation sites (N-methyl/N-ethyl adjacent to an activating group) is 2. The molecular weight excluding hydrogens is 1930 g/mol. The van der Waals surface area contributed by atoms with Gasteiger partial charge in [0.2, 0.25) is 23.6 Å². The number of carboxylic acid groups (broad SMARTS) is 1. The number of amides is 4. The van der Waals surface area contributed by atoms with Crippen molar-refractivity contribution in [2.24, 2.45) is 16.2 Å². The Morgan fingerprint density at radius 2 is 0.837 bits per heavy atom. The highest BCUT2D eigenvalue weighted by atomic mass is 35.5. The molecule has 6 heterocycles. The first-order valence-electron chi connectivity index (χ1n) is 49.4. The summed E-state index contributed by atoms with van der Waals surface area (Å²) in [4.78, 5) is 139. The summed E-state index contributed by atoms with van der Waals surface area (Å²) < 4.78 is 64.0. The molecule has 9 atom stereocenters. The van der Waals surface area contributed by atoms with Crippen LogP contribution in [0.3, 0.4) is 0 Å². The Morgan fingerprint density at radius 1 is 0.475 bits per heavy atom. The molecule has 6 aliphatic heterocycles. The van der Waals surface area contributed by atoms with E-state index in [1.165, 1.54) is 63.8 Å². The summed E-state index contributed by atoms with van der Waals surface area (Å²) in [5.74, 6) is -6.92. The number of benzene rings is 6. The molecule has 766 valence electrons. The summed E-state index contributed by atoms with van der Waals surface area (Å²) >= 11 is 37.6. The van der Waals surface area contributed by atoms with E-state index in [1.54, 1.807) is 99.6 Å². The summed E-state index contributed by atoms with van der Waals surface area (Å²) in [5, 5.41) is 27.5. The number of carboxylic acids is 1. The molecule has 31 heteroatoms. The maximum absolute atomic E-state index is 16.0. The van der Waals surface area contributed by atoms with Gasteiger partial charge in [0.05, 0.1) is 27.6 Å². The van der Waals surface area contributed by atoms with E-state index in [1.807, 2.05) is 65.5 Å². The standard InChI is InChI=1S/C29H33Cl2FN2O3.C27H29Cl2FN2O3.C25H25Cl2FN2O3.C13H21NO3.C13H22O.CO2.2CH4/c1-5-34-24(25(35)37-27(2,3)4)22(18-10-9-11-20(31)23(18)32)29(28(34)14-7-6-8-15-28)19-13-12-17(30)16-21(19)33-26(29)36;1-25(2,3)35-23(33)22-20(16-8-7-9-18(29)21(16)30)27(26(32-22)12-5-4-6-13-26)17-11-10-15(28)14-19(17)31-24(27)34;1-2-30-21(22(31)32)19(15-7-6-8-17(27)20(15)28)25(24(30)11-4-3-5-12-24)16-10-9-14(26)13-18(16)29-23(25)33;1-3-10(15)14-13-7-4-12(5-8-13,6-9-13)11(16)17-2;1-3-11(14)10-13-7-4-12(2,5-8-13)6-9-13;2-1-3;;/h9-13,16,22,24H,5-8,14-15H2,1-4H3,(H,33,36);7-11,14,20,22,32H,4-6,12-13H2,1-3H3,(H,31,34);6-10,13,19,21H,2-5,11-12H2,1H3,(H,29,33)(H,31,32);3-9H2,1-2H3,(H,14,15);3-10H2,1-2H3;;2*1H4/t22-,24+,29+;20-,22+,27+;19-,21+,25+;;;;;/m000...../s1. The lowest BCUT2D eigenvalue weighted by molar-refractivity contribution is -0.192. The van der Waals surface area contributed by atoms with Crippen LogP contribution in [0.15, 0.2) is 109 Å². The predicted octanol–water partition coefficient (Wildman–Crippen LogP) is 24.8. The number of fused-ring (bicyclic) bond motifs is 15. The van der Waals surface area contributed by atoms with Crippen LogP contribution in [0.5, 0.6) is 0 Å². The van der Waals surface area contributed by atoms with Crippen LogP contribution in [0.4, 0.5) is 30.2 Å². The average Bonchev–Trinajstić information content (AvgIpc) is 1.48. The summed E-state index contributed by atoms with van der Waals surface area (Å²) in [5.41, 5.74) is -2.23. The number of halogens is 9. The lowest BCUT2D eigenvalue weighted by atomic mass is 9.53. The SMILES string of the molecule is C.C.CC(C)(C)OC(=O)[C@@H]1NC2(CCCCC2)[C@@]2(C(=O)Nc3cc(Cl)ccc32)[C@H]1c1cccc(Cl)c1F.CCC(=O)CC12CCC(C)(CC1)CC2.CCC(=O)NC12CCC(C(=O)OC)(CC1)CC2.CCN1[C@@H](C(=O)O)[C@H](c2cccc(Cl)c2F)[C@]2(C(=O)Nc3cc(Cl)ccc32)C12CCCCC2.CCN1[C@@H](C(=O)OC(C)(C)C)[C@H](c2cccc(Cl)c2F)[C@]2(C(=O)Nc3cc(Cl)ccc32)C12CCCCC2.O=C=O. The minimum absolute atomic E-state index is 0. The van der Waals surface area contributed by atoms with Gasteiger partial charge in [-0.05, 0) is 269 Å². The van der Waals surface area contributed by atoms with E-state index in [9.17, 15) is 48.3 Å². The van der Waals surface area contributed by atoms with Crippen LogP contribution >= 0.6 is 69.6 Å². The van der Waals surface area contributed by atoms with E-state index in [0.717, 1.165) is 120 Å². The first-order valence-corrected chi connectivity index (χ1v) is 51.7. The van der Waals surface area contributed by atoms with E-state index < -0.39 is 115 Å². The number of Topliss-reactive ketones (excluding diaryl/α,β-unsaturated/α-hetero) is 1. The third kappa shape index (κ3) is 19.7. The molecule has 4 bridgehead atoms. The number of anilines is 3. The predicted molar refractivity (Wildman–Crippen MR) is 544 cm³/mol. The van der Waals surface area contributed by atoms with E-state index >= 15 is 13.2 Å². The molecule has 9 saturated carbocycles. The van der Waals surface area contributed by atoms with Gasteiger partial charge in [0.25, 0.3) is 0 Å². The molecule has 0 unspecified atom stereocenters. The molecule has 15 aliphatic rings. The van der Waals surface area contributed by atoms with Gasteiger partial charge >= 0.3 is 30.0 Å². The smallest absolute Gasteiger partial charge is 0.373 e. The van der Waals surface area contributed by atoms with Gasteiger partial charge in [-0.15, -0.1) is 0 Å². The zero-order chi connectivity index (χ0) is 101. The molecule has 6 aromatic rings. The summed E-state index contributed by atoms with van der Waals surface area (Å²) in [6.07, 6.45) is 28.1. The molecule has 12 fully saturated rings. The topological polar surface area (TPSA) is 302 Å². The number of ketones is 1. The first kappa shape index (κ1) is 111. The largest absolute Gasteiger partial charge is 0.480 e. The zero-order valence-electron chi connectivity index (χ0n) is 81.4. The molecule has 9 aliphatic carbocycles. The number of likely N-dealkylation sites (tertiary alicyclic amines) is 2. The number of methoxy groups -OCH3 is 1. The zero-order valence-corrected chi connectivity index (χ0v) is 86.0. The summed E-state index contributed by atoms with van der Waals surface area (Å²) in [6, 6.07) is 27.1.